The highest BCUT2D eigenvalue weighted by Gasteiger charge is 1.96. The molecule has 17 heavy (non-hydrogen) atoms. The number of benzene rings is 1. The number of carbonyl (C=O) groups is 1. The predicted molar refractivity (Wildman–Crippen MR) is 66.5 cm³/mol. The van der Waals surface area contributed by atoms with Gasteiger partial charge in [0.05, 0.1) is 6.61 Å². The third-order valence-electron chi connectivity index (χ3n) is 2.10. The van der Waals surface area contributed by atoms with E-state index in [1.165, 1.54) is 6.20 Å². The van der Waals surface area contributed by atoms with E-state index in [4.69, 9.17) is 9.84 Å². The molecule has 1 aromatic carbocycles. The number of hydrogen-bond donors (Lipinski definition) is 2. The number of alkyl carbamates (subject to hydrolysis) is 1. The molecule has 0 spiro atoms. The van der Waals surface area contributed by atoms with Crippen LogP contribution in [0.5, 0.6) is 5.75 Å². The summed E-state index contributed by atoms with van der Waals surface area (Å²) in [6.07, 6.45) is 4.65. The van der Waals surface area contributed by atoms with E-state index in [0.29, 0.717) is 6.61 Å². The minimum Gasteiger partial charge on any atom is -0.508 e. The van der Waals surface area contributed by atoms with Crippen LogP contribution in [-0.2, 0) is 4.74 Å². The first-order valence-corrected chi connectivity index (χ1v) is 5.61. The second kappa shape index (κ2) is 7.33. The van der Waals surface area contributed by atoms with Crippen molar-refractivity contribution in [1.29, 1.82) is 0 Å². The summed E-state index contributed by atoms with van der Waals surface area (Å²) in [5.41, 5.74) is 0.886. The maximum Gasteiger partial charge on any atom is 0.411 e. The van der Waals surface area contributed by atoms with Crippen molar-refractivity contribution < 1.29 is 14.6 Å². The molecule has 0 aliphatic heterocycles. The third kappa shape index (κ3) is 5.61. The van der Waals surface area contributed by atoms with Crippen LogP contribution in [0.25, 0.3) is 6.08 Å². The van der Waals surface area contributed by atoms with Crippen LogP contribution < -0.4 is 5.32 Å². The van der Waals surface area contributed by atoms with Crippen molar-refractivity contribution in [1.82, 2.24) is 5.32 Å². The molecule has 4 heteroatoms. The van der Waals surface area contributed by atoms with E-state index in [0.717, 1.165) is 18.4 Å². The normalized spacial score (nSPS) is 10.4. The summed E-state index contributed by atoms with van der Waals surface area (Å²) >= 11 is 0. The van der Waals surface area contributed by atoms with E-state index in [2.05, 4.69) is 5.32 Å². The summed E-state index contributed by atoms with van der Waals surface area (Å²) in [4.78, 5) is 11.1. The molecule has 0 aliphatic rings. The molecule has 1 rings (SSSR count). The van der Waals surface area contributed by atoms with Crippen molar-refractivity contribution in [3.05, 3.63) is 36.0 Å². The molecule has 0 aromatic heterocycles. The highest BCUT2D eigenvalue weighted by atomic mass is 16.5. The number of hydrogen-bond acceptors (Lipinski definition) is 3. The number of ether oxygens (including phenoxy) is 1. The minimum absolute atomic E-state index is 0.217. The molecule has 4 nitrogen and oxygen atoms in total. The lowest BCUT2D eigenvalue weighted by Gasteiger charge is -2.02. The Labute approximate surface area is 101 Å². The molecular formula is C13H17NO3. The zero-order valence-electron chi connectivity index (χ0n) is 9.85. The summed E-state index contributed by atoms with van der Waals surface area (Å²) in [6.45, 7) is 2.47. The van der Waals surface area contributed by atoms with E-state index >= 15 is 0 Å². The average Bonchev–Trinajstić information content (AvgIpc) is 2.32. The van der Waals surface area contributed by atoms with Gasteiger partial charge in [0.1, 0.15) is 5.75 Å². The predicted octanol–water partition coefficient (Wildman–Crippen LogP) is 2.89. The summed E-state index contributed by atoms with van der Waals surface area (Å²) in [6, 6.07) is 6.66. The summed E-state index contributed by atoms with van der Waals surface area (Å²) in [5, 5.41) is 11.6. The molecule has 0 saturated heterocycles. The second-order valence-electron chi connectivity index (χ2n) is 3.56. The summed E-state index contributed by atoms with van der Waals surface area (Å²) < 4.78 is 4.90. The van der Waals surface area contributed by atoms with E-state index in [1.807, 2.05) is 6.92 Å². The molecule has 1 aromatic rings. The molecule has 0 heterocycles. The first-order chi connectivity index (χ1) is 8.22. The van der Waals surface area contributed by atoms with Gasteiger partial charge in [-0.05, 0) is 30.2 Å². The molecule has 0 unspecified atom stereocenters. The van der Waals surface area contributed by atoms with Crippen molar-refractivity contribution in [2.45, 2.75) is 19.8 Å². The van der Waals surface area contributed by atoms with Crippen molar-refractivity contribution in [2.24, 2.45) is 0 Å². The number of phenols is 1. The first kappa shape index (κ1) is 13.1. The lowest BCUT2D eigenvalue weighted by atomic mass is 10.2. The Kier molecular flexibility index (Phi) is 5.64. The van der Waals surface area contributed by atoms with Crippen LogP contribution >= 0.6 is 0 Å². The molecule has 2 N–H and O–H groups in total. The highest BCUT2D eigenvalue weighted by Crippen LogP contribution is 2.10. The van der Waals surface area contributed by atoms with Crippen LogP contribution in [-0.4, -0.2) is 17.8 Å². The molecule has 0 fully saturated rings. The van der Waals surface area contributed by atoms with Crippen LogP contribution in [0.15, 0.2) is 30.5 Å². The van der Waals surface area contributed by atoms with Crippen LogP contribution in [0, 0.1) is 0 Å². The topological polar surface area (TPSA) is 58.6 Å². The Morgan fingerprint density at radius 3 is 2.76 bits per heavy atom. The fraction of sp³-hybridized carbons (Fsp3) is 0.308. The number of aromatic hydroxyl groups is 1. The summed E-state index contributed by atoms with van der Waals surface area (Å²) in [7, 11) is 0. The van der Waals surface area contributed by atoms with Gasteiger partial charge < -0.3 is 9.84 Å². The monoisotopic (exact) mass is 235 g/mol. The van der Waals surface area contributed by atoms with E-state index in [9.17, 15) is 4.79 Å². The van der Waals surface area contributed by atoms with Gasteiger partial charge in [0.2, 0.25) is 0 Å². The lowest BCUT2D eigenvalue weighted by molar-refractivity contribution is 0.148. The van der Waals surface area contributed by atoms with E-state index in [-0.39, 0.29) is 5.75 Å². The molecule has 0 atom stereocenters. The van der Waals surface area contributed by atoms with E-state index in [1.54, 1.807) is 30.3 Å². The number of nitrogens with one attached hydrogen (secondary N) is 1. The standard InChI is InChI=1S/C13H17NO3/c1-2-3-10-17-13(16)14-9-8-11-4-6-12(15)7-5-11/h4-9,15H,2-3,10H2,1H3,(H,14,16). The van der Waals surface area contributed by atoms with Gasteiger partial charge in [-0.2, -0.15) is 0 Å². The van der Waals surface area contributed by atoms with Crippen molar-refractivity contribution >= 4 is 12.2 Å². The maximum atomic E-state index is 11.1. The number of amides is 1. The largest absolute Gasteiger partial charge is 0.508 e. The zero-order valence-corrected chi connectivity index (χ0v) is 9.85. The Morgan fingerprint density at radius 2 is 2.12 bits per heavy atom. The molecule has 0 aliphatic carbocycles. The summed E-state index contributed by atoms with van der Waals surface area (Å²) in [5.74, 6) is 0.217. The van der Waals surface area contributed by atoms with Gasteiger partial charge >= 0.3 is 6.09 Å². The lowest BCUT2D eigenvalue weighted by Crippen LogP contribution is -2.18. The van der Waals surface area contributed by atoms with Gasteiger partial charge in [-0.25, -0.2) is 4.79 Å². The smallest absolute Gasteiger partial charge is 0.411 e. The maximum absolute atomic E-state index is 11.1. The van der Waals surface area contributed by atoms with Crippen molar-refractivity contribution in [3.8, 4) is 5.75 Å². The zero-order chi connectivity index (χ0) is 12.5. The van der Waals surface area contributed by atoms with Gasteiger partial charge in [0, 0.05) is 6.20 Å². The van der Waals surface area contributed by atoms with Crippen LogP contribution in [0.1, 0.15) is 25.3 Å². The SMILES string of the molecule is CCCCOC(=O)NC=Cc1ccc(O)cc1. The molecule has 0 bridgehead atoms. The fourth-order valence-electron chi connectivity index (χ4n) is 1.14. The quantitative estimate of drug-likeness (QED) is 0.771. The van der Waals surface area contributed by atoms with Crippen LogP contribution in [0.2, 0.25) is 0 Å². The highest BCUT2D eigenvalue weighted by molar-refractivity contribution is 5.69. The van der Waals surface area contributed by atoms with Gasteiger partial charge in [-0.3, -0.25) is 5.32 Å². The average molecular weight is 235 g/mol. The third-order valence-corrected chi connectivity index (χ3v) is 2.10. The van der Waals surface area contributed by atoms with Crippen molar-refractivity contribution in [3.63, 3.8) is 0 Å². The van der Waals surface area contributed by atoms with E-state index < -0.39 is 6.09 Å². The number of unbranched alkanes of at least 4 members (excludes halogenated alkanes) is 1. The number of rotatable bonds is 5. The Bertz CT molecular complexity index is 371. The molecule has 0 radical (unpaired) electrons. The number of carbonyl (C=O) groups excluding carboxylic acids is 1. The van der Waals surface area contributed by atoms with Gasteiger partial charge in [-0.1, -0.05) is 25.5 Å². The van der Waals surface area contributed by atoms with Gasteiger partial charge in [0.25, 0.3) is 0 Å². The van der Waals surface area contributed by atoms with Crippen LogP contribution in [0.3, 0.4) is 0 Å². The molecular weight excluding hydrogens is 218 g/mol. The van der Waals surface area contributed by atoms with Gasteiger partial charge in [0.15, 0.2) is 0 Å². The second-order valence-corrected chi connectivity index (χ2v) is 3.56. The Morgan fingerprint density at radius 1 is 1.41 bits per heavy atom. The molecule has 0 saturated carbocycles. The Hall–Kier alpha value is -1.97. The fourth-order valence-corrected chi connectivity index (χ4v) is 1.14. The Balaban J connectivity index is 2.29. The molecule has 1 amide bonds. The van der Waals surface area contributed by atoms with Crippen molar-refractivity contribution in [2.75, 3.05) is 6.61 Å². The minimum atomic E-state index is -0.450. The van der Waals surface area contributed by atoms with Crippen LogP contribution in [0.4, 0.5) is 4.79 Å². The molecule has 92 valence electrons. The number of phenolic OH excluding ortho intramolecular Hbond substituents is 1. The first-order valence-electron chi connectivity index (χ1n) is 5.61. The van der Waals surface area contributed by atoms with Gasteiger partial charge in [-0.15, -0.1) is 0 Å².